The molecule has 0 aliphatic carbocycles. The average Bonchev–Trinajstić information content (AvgIpc) is 2.46. The van der Waals surface area contributed by atoms with Crippen LogP contribution in [0.15, 0.2) is 29.2 Å². The van der Waals surface area contributed by atoms with E-state index in [0.29, 0.717) is 13.1 Å². The van der Waals surface area contributed by atoms with Crippen molar-refractivity contribution in [1.82, 2.24) is 9.62 Å². The smallest absolute Gasteiger partial charge is 0.406 e. The topological polar surface area (TPSA) is 58.6 Å². The molecule has 1 atom stereocenters. The minimum Gasteiger partial charge on any atom is -0.406 e. The highest BCUT2D eigenvalue weighted by Gasteiger charge is 2.32. The number of likely N-dealkylation sites (N-methyl/N-ethyl adjacent to an activating group) is 1. The molecule has 5 nitrogen and oxygen atoms in total. The number of hydrogen-bond acceptors (Lipinski definition) is 4. The Morgan fingerprint density at radius 2 is 1.91 bits per heavy atom. The molecule has 1 saturated heterocycles. The van der Waals surface area contributed by atoms with Crippen LogP contribution in [0.4, 0.5) is 13.2 Å². The van der Waals surface area contributed by atoms with Crippen LogP contribution in [0.25, 0.3) is 0 Å². The molecule has 124 valence electrons. The highest BCUT2D eigenvalue weighted by molar-refractivity contribution is 7.89. The lowest BCUT2D eigenvalue weighted by Crippen LogP contribution is -2.46. The molecule has 0 amide bonds. The number of nitrogens with zero attached hydrogens (tertiary/aromatic N) is 1. The van der Waals surface area contributed by atoms with Crippen LogP contribution in [-0.4, -0.2) is 45.3 Å². The minimum atomic E-state index is -4.80. The molecule has 1 aliphatic rings. The van der Waals surface area contributed by atoms with Crippen LogP contribution in [0.1, 0.15) is 12.8 Å². The van der Waals surface area contributed by atoms with Gasteiger partial charge in [0.2, 0.25) is 10.0 Å². The summed E-state index contributed by atoms with van der Waals surface area (Å²) in [5, 5.41) is 3.04. The van der Waals surface area contributed by atoms with Crippen LogP contribution >= 0.6 is 0 Å². The third kappa shape index (κ3) is 4.11. The maximum Gasteiger partial charge on any atom is 0.573 e. The first kappa shape index (κ1) is 17.0. The van der Waals surface area contributed by atoms with Gasteiger partial charge in [-0.2, -0.15) is 4.31 Å². The highest BCUT2D eigenvalue weighted by atomic mass is 32.2. The molecular weight excluding hydrogens is 321 g/mol. The van der Waals surface area contributed by atoms with Crippen LogP contribution in [-0.2, 0) is 10.0 Å². The fourth-order valence-electron chi connectivity index (χ4n) is 2.36. The monoisotopic (exact) mass is 338 g/mol. The van der Waals surface area contributed by atoms with E-state index in [1.54, 1.807) is 7.05 Å². The number of hydrogen-bond donors (Lipinski definition) is 1. The zero-order valence-corrected chi connectivity index (χ0v) is 12.7. The lowest BCUT2D eigenvalue weighted by atomic mass is 10.1. The van der Waals surface area contributed by atoms with Crippen molar-refractivity contribution in [3.8, 4) is 5.75 Å². The Labute approximate surface area is 127 Å². The molecule has 1 aromatic rings. The minimum absolute atomic E-state index is 0.0428. The molecule has 0 bridgehead atoms. The molecule has 1 fully saturated rings. The summed E-state index contributed by atoms with van der Waals surface area (Å²) in [7, 11) is -1.94. The largest absolute Gasteiger partial charge is 0.573 e. The van der Waals surface area contributed by atoms with E-state index in [2.05, 4.69) is 10.1 Å². The zero-order valence-electron chi connectivity index (χ0n) is 11.9. The molecule has 0 radical (unpaired) electrons. The van der Waals surface area contributed by atoms with Gasteiger partial charge in [0.25, 0.3) is 0 Å². The molecule has 1 unspecified atom stereocenters. The standard InChI is InChI=1S/C13H17F3N2O3S/c1-17-10-3-2-8-18(9-10)22(19,20)12-6-4-11(5-7-12)21-13(14,15)16/h4-7,10,17H,2-3,8-9H2,1H3. The van der Waals surface area contributed by atoms with E-state index in [9.17, 15) is 21.6 Å². The normalized spacial score (nSPS) is 20.8. The van der Waals surface area contributed by atoms with Crippen LogP contribution < -0.4 is 10.1 Å². The third-order valence-electron chi connectivity index (χ3n) is 3.49. The van der Waals surface area contributed by atoms with E-state index in [4.69, 9.17) is 0 Å². The Morgan fingerprint density at radius 3 is 2.45 bits per heavy atom. The van der Waals surface area contributed by atoms with Crippen molar-refractivity contribution >= 4 is 10.0 Å². The first-order valence-electron chi connectivity index (χ1n) is 6.75. The van der Waals surface area contributed by atoms with Gasteiger partial charge in [-0.1, -0.05) is 0 Å². The molecule has 1 N–H and O–H groups in total. The molecule has 1 heterocycles. The molecule has 0 aromatic heterocycles. The summed E-state index contributed by atoms with van der Waals surface area (Å²) in [5.74, 6) is -0.446. The zero-order chi connectivity index (χ0) is 16.4. The molecule has 1 aromatic carbocycles. The molecule has 9 heteroatoms. The fourth-order valence-corrected chi connectivity index (χ4v) is 3.88. The number of benzene rings is 1. The SMILES string of the molecule is CNC1CCCN(S(=O)(=O)c2ccc(OC(F)(F)F)cc2)C1. The second kappa shape index (κ2) is 6.43. The van der Waals surface area contributed by atoms with Crippen molar-refractivity contribution in [2.24, 2.45) is 0 Å². The highest BCUT2D eigenvalue weighted by Crippen LogP contribution is 2.26. The summed E-state index contributed by atoms with van der Waals surface area (Å²) in [5.41, 5.74) is 0. The van der Waals surface area contributed by atoms with Crippen molar-refractivity contribution < 1.29 is 26.3 Å². The molecule has 2 rings (SSSR count). The van der Waals surface area contributed by atoms with Crippen molar-refractivity contribution in [2.75, 3.05) is 20.1 Å². The van der Waals surface area contributed by atoms with Gasteiger partial charge in [-0.25, -0.2) is 8.42 Å². The van der Waals surface area contributed by atoms with Crippen molar-refractivity contribution in [3.05, 3.63) is 24.3 Å². The first-order chi connectivity index (χ1) is 10.2. The van der Waals surface area contributed by atoms with Gasteiger partial charge in [0.05, 0.1) is 4.90 Å². The lowest BCUT2D eigenvalue weighted by Gasteiger charge is -2.31. The first-order valence-corrected chi connectivity index (χ1v) is 8.19. The van der Waals surface area contributed by atoms with Gasteiger partial charge >= 0.3 is 6.36 Å². The Balaban J connectivity index is 2.15. The summed E-state index contributed by atoms with van der Waals surface area (Å²) < 4.78 is 66.3. The predicted octanol–water partition coefficient (Wildman–Crippen LogP) is 1.96. The Morgan fingerprint density at radius 1 is 1.27 bits per heavy atom. The number of halogens is 3. The number of nitrogens with one attached hydrogen (secondary N) is 1. The third-order valence-corrected chi connectivity index (χ3v) is 5.37. The van der Waals surface area contributed by atoms with Crippen LogP contribution in [0.3, 0.4) is 0 Å². The molecule has 0 saturated carbocycles. The fraction of sp³-hybridized carbons (Fsp3) is 0.538. The number of ether oxygens (including phenoxy) is 1. The Bertz CT molecular complexity index is 602. The Hall–Kier alpha value is -1.32. The summed E-state index contributed by atoms with van der Waals surface area (Å²) in [6.07, 6.45) is -3.17. The predicted molar refractivity (Wildman–Crippen MR) is 74.0 cm³/mol. The molecular formula is C13H17F3N2O3S. The second-order valence-corrected chi connectivity index (χ2v) is 6.95. The number of piperidine rings is 1. The molecule has 0 spiro atoms. The van der Waals surface area contributed by atoms with E-state index < -0.39 is 22.1 Å². The van der Waals surface area contributed by atoms with Crippen LogP contribution in [0.5, 0.6) is 5.75 Å². The van der Waals surface area contributed by atoms with Gasteiger partial charge < -0.3 is 10.1 Å². The van der Waals surface area contributed by atoms with Crippen LogP contribution in [0.2, 0.25) is 0 Å². The Kier molecular flexibility index (Phi) is 4.98. The van der Waals surface area contributed by atoms with E-state index >= 15 is 0 Å². The second-order valence-electron chi connectivity index (χ2n) is 5.01. The van der Waals surface area contributed by atoms with E-state index in [0.717, 1.165) is 37.1 Å². The van der Waals surface area contributed by atoms with Crippen molar-refractivity contribution in [1.29, 1.82) is 0 Å². The molecule has 22 heavy (non-hydrogen) atoms. The van der Waals surface area contributed by atoms with Gasteiger partial charge in [0.15, 0.2) is 0 Å². The lowest BCUT2D eigenvalue weighted by molar-refractivity contribution is -0.274. The average molecular weight is 338 g/mol. The summed E-state index contributed by atoms with van der Waals surface area (Å²) >= 11 is 0. The van der Waals surface area contributed by atoms with Gasteiger partial charge in [-0.15, -0.1) is 13.2 Å². The van der Waals surface area contributed by atoms with Crippen molar-refractivity contribution in [2.45, 2.75) is 30.1 Å². The number of sulfonamides is 1. The summed E-state index contributed by atoms with van der Waals surface area (Å²) in [4.78, 5) is -0.0428. The van der Waals surface area contributed by atoms with E-state index in [-0.39, 0.29) is 10.9 Å². The maximum atomic E-state index is 12.5. The van der Waals surface area contributed by atoms with E-state index in [1.807, 2.05) is 0 Å². The van der Waals surface area contributed by atoms with Gasteiger partial charge in [-0.3, -0.25) is 0 Å². The number of rotatable bonds is 4. The summed E-state index contributed by atoms with van der Waals surface area (Å²) in [6.45, 7) is 0.751. The van der Waals surface area contributed by atoms with E-state index in [1.165, 1.54) is 4.31 Å². The summed E-state index contributed by atoms with van der Waals surface area (Å²) in [6, 6.07) is 4.33. The van der Waals surface area contributed by atoms with Gasteiger partial charge in [0.1, 0.15) is 5.75 Å². The maximum absolute atomic E-state index is 12.5. The van der Waals surface area contributed by atoms with Crippen LogP contribution in [0, 0.1) is 0 Å². The number of alkyl halides is 3. The van der Waals surface area contributed by atoms with Crippen molar-refractivity contribution in [3.63, 3.8) is 0 Å². The van der Waals surface area contributed by atoms with Gasteiger partial charge in [0, 0.05) is 19.1 Å². The molecule has 1 aliphatic heterocycles. The van der Waals surface area contributed by atoms with Gasteiger partial charge in [-0.05, 0) is 44.2 Å². The quantitative estimate of drug-likeness (QED) is 0.912.